The minimum absolute atomic E-state index is 0.154. The number of carbonyl (C=O) groups is 1. The Balaban J connectivity index is 1.61. The molecule has 9 heteroatoms. The third-order valence-corrected chi connectivity index (χ3v) is 7.04. The molecule has 38 heavy (non-hydrogen) atoms. The number of aromatic nitrogens is 2. The Morgan fingerprint density at radius 2 is 1.74 bits per heavy atom. The molecule has 0 saturated carbocycles. The lowest BCUT2D eigenvalue weighted by Crippen LogP contribution is -2.53. The molecule has 1 saturated heterocycles. The largest absolute Gasteiger partial charge is 0.382 e. The maximum Gasteiger partial charge on any atom is 0.218 e. The van der Waals surface area contributed by atoms with E-state index in [2.05, 4.69) is 46.8 Å². The summed E-state index contributed by atoms with van der Waals surface area (Å²) in [6.07, 6.45) is 5.64. The van der Waals surface area contributed by atoms with Gasteiger partial charge >= 0.3 is 0 Å². The van der Waals surface area contributed by atoms with E-state index in [0.717, 1.165) is 37.4 Å². The highest BCUT2D eigenvalue weighted by Gasteiger charge is 2.26. The maximum absolute atomic E-state index is 13.5. The zero-order valence-electron chi connectivity index (χ0n) is 22.6. The van der Waals surface area contributed by atoms with Gasteiger partial charge in [-0.1, -0.05) is 29.8 Å². The topological polar surface area (TPSA) is 75.8 Å². The van der Waals surface area contributed by atoms with Crippen molar-refractivity contribution in [2.45, 2.75) is 26.3 Å². The van der Waals surface area contributed by atoms with Gasteiger partial charge in [-0.2, -0.15) is 5.10 Å². The van der Waals surface area contributed by atoms with Crippen molar-refractivity contribution >= 4 is 29.4 Å². The third kappa shape index (κ3) is 6.09. The summed E-state index contributed by atoms with van der Waals surface area (Å²) in [7, 11) is 3.72. The SMILES string of the molecule is CN(C)/C=C\N(C=O)c1ccc(-c2c[nH]nc(-c3cccc(N4CCN(C(C)(C)C)CC4)c3)c2=O)cc1Cl. The van der Waals surface area contributed by atoms with Crippen molar-refractivity contribution in [1.29, 1.82) is 0 Å². The highest BCUT2D eigenvalue weighted by Crippen LogP contribution is 2.31. The summed E-state index contributed by atoms with van der Waals surface area (Å²) >= 11 is 6.54. The second kappa shape index (κ2) is 11.4. The van der Waals surface area contributed by atoms with Crippen molar-refractivity contribution in [1.82, 2.24) is 20.0 Å². The van der Waals surface area contributed by atoms with Crippen molar-refractivity contribution in [3.8, 4) is 22.4 Å². The Labute approximate surface area is 229 Å². The summed E-state index contributed by atoms with van der Waals surface area (Å²) in [5.74, 6) is 0. The number of anilines is 2. The van der Waals surface area contributed by atoms with Crippen molar-refractivity contribution in [3.05, 3.63) is 76.3 Å². The molecular formula is C29H35ClN6O2. The molecule has 0 aliphatic carbocycles. The molecule has 1 fully saturated rings. The number of aromatic amines is 1. The Morgan fingerprint density at radius 3 is 2.37 bits per heavy atom. The first-order valence-electron chi connectivity index (χ1n) is 12.7. The summed E-state index contributed by atoms with van der Waals surface area (Å²) in [5, 5.41) is 7.57. The number of nitrogens with one attached hydrogen (secondary N) is 1. The number of hydrogen-bond donors (Lipinski definition) is 1. The Kier molecular flexibility index (Phi) is 8.23. The summed E-state index contributed by atoms with van der Waals surface area (Å²) in [6, 6.07) is 13.2. The molecule has 1 aliphatic heterocycles. The number of H-pyrrole nitrogens is 1. The second-order valence-electron chi connectivity index (χ2n) is 10.6. The number of amides is 1. The molecule has 200 valence electrons. The molecule has 8 nitrogen and oxygen atoms in total. The lowest BCUT2D eigenvalue weighted by Gasteiger charge is -2.43. The van der Waals surface area contributed by atoms with Gasteiger partial charge in [0.15, 0.2) is 0 Å². The van der Waals surface area contributed by atoms with Crippen LogP contribution in [0.4, 0.5) is 11.4 Å². The van der Waals surface area contributed by atoms with Gasteiger partial charge in [0.1, 0.15) is 5.69 Å². The first-order chi connectivity index (χ1) is 18.1. The summed E-state index contributed by atoms with van der Waals surface area (Å²) in [4.78, 5) is 33.2. The predicted octanol–water partition coefficient (Wildman–Crippen LogP) is 4.67. The van der Waals surface area contributed by atoms with Gasteiger partial charge < -0.3 is 9.80 Å². The van der Waals surface area contributed by atoms with Crippen LogP contribution in [0.1, 0.15) is 20.8 Å². The number of nitrogens with zero attached hydrogens (tertiary/aromatic N) is 5. The molecular weight excluding hydrogens is 500 g/mol. The van der Waals surface area contributed by atoms with Crippen LogP contribution in [0.2, 0.25) is 5.02 Å². The van der Waals surface area contributed by atoms with Gasteiger partial charge in [-0.05, 0) is 50.6 Å². The van der Waals surface area contributed by atoms with Crippen molar-refractivity contribution in [2.24, 2.45) is 0 Å². The van der Waals surface area contributed by atoms with E-state index in [1.165, 1.54) is 4.90 Å². The molecule has 1 aliphatic rings. The Hall–Kier alpha value is -3.62. The molecule has 3 aromatic rings. The molecule has 0 unspecified atom stereocenters. The number of benzene rings is 2. The first-order valence-corrected chi connectivity index (χ1v) is 13.0. The predicted molar refractivity (Wildman–Crippen MR) is 156 cm³/mol. The van der Waals surface area contributed by atoms with E-state index >= 15 is 0 Å². The molecule has 0 bridgehead atoms. The maximum atomic E-state index is 13.5. The number of rotatable bonds is 7. The van der Waals surface area contributed by atoms with Crippen molar-refractivity contribution in [2.75, 3.05) is 50.1 Å². The molecule has 2 aromatic carbocycles. The first kappa shape index (κ1) is 27.4. The smallest absolute Gasteiger partial charge is 0.218 e. The molecule has 0 radical (unpaired) electrons. The minimum atomic E-state index is -0.193. The van der Waals surface area contributed by atoms with Gasteiger partial charge in [-0.3, -0.25) is 24.5 Å². The highest BCUT2D eigenvalue weighted by molar-refractivity contribution is 6.34. The minimum Gasteiger partial charge on any atom is -0.382 e. The van der Waals surface area contributed by atoms with E-state index < -0.39 is 0 Å². The fourth-order valence-corrected chi connectivity index (χ4v) is 4.84. The quantitative estimate of drug-likeness (QED) is 0.444. The Morgan fingerprint density at radius 1 is 1.00 bits per heavy atom. The summed E-state index contributed by atoms with van der Waals surface area (Å²) in [5.41, 5.74) is 3.76. The highest BCUT2D eigenvalue weighted by atomic mass is 35.5. The molecule has 1 amide bonds. The van der Waals surface area contributed by atoms with Gasteiger partial charge in [-0.15, -0.1) is 0 Å². The van der Waals surface area contributed by atoms with E-state index in [4.69, 9.17) is 11.6 Å². The third-order valence-electron chi connectivity index (χ3n) is 6.73. The van der Waals surface area contributed by atoms with E-state index in [9.17, 15) is 9.59 Å². The number of halogens is 1. The van der Waals surface area contributed by atoms with Crippen LogP contribution < -0.4 is 15.2 Å². The average molecular weight is 535 g/mol. The van der Waals surface area contributed by atoms with Gasteiger partial charge in [0.05, 0.1) is 10.7 Å². The van der Waals surface area contributed by atoms with Gasteiger partial charge in [0.2, 0.25) is 11.8 Å². The zero-order chi connectivity index (χ0) is 27.4. The standard InChI is InChI=1S/C29H35ClN6O2/c1-29(2,3)36-15-13-34(14-16-36)23-8-6-7-22(17-23)27-28(38)24(19-31-32-27)21-9-10-26(25(30)18-21)35(20-37)12-11-33(4)5/h6-12,17-20H,13-16H2,1-5H3,(H,31,38)/b12-11-. The van der Waals surface area contributed by atoms with Gasteiger partial charge in [0.25, 0.3) is 0 Å². The van der Waals surface area contributed by atoms with Crippen molar-refractivity contribution in [3.63, 3.8) is 0 Å². The normalized spacial score (nSPS) is 14.6. The summed E-state index contributed by atoms with van der Waals surface area (Å²) < 4.78 is 0. The van der Waals surface area contributed by atoms with Crippen LogP contribution >= 0.6 is 11.6 Å². The van der Waals surface area contributed by atoms with Crippen LogP contribution in [-0.4, -0.2) is 72.2 Å². The molecule has 1 aromatic heterocycles. The number of carbonyl (C=O) groups excluding carboxylic acids is 1. The van der Waals surface area contributed by atoms with Crippen LogP contribution in [0.15, 0.2) is 65.9 Å². The lowest BCUT2D eigenvalue weighted by atomic mass is 10.0. The van der Waals surface area contributed by atoms with Crippen LogP contribution in [0.5, 0.6) is 0 Å². The van der Waals surface area contributed by atoms with Crippen LogP contribution in [0.25, 0.3) is 22.4 Å². The second-order valence-corrected chi connectivity index (χ2v) is 11.0. The van der Waals surface area contributed by atoms with E-state index in [1.54, 1.807) is 36.8 Å². The van der Waals surface area contributed by atoms with Gasteiger partial charge in [0, 0.05) is 81.2 Å². The fraction of sp³-hybridized carbons (Fsp3) is 0.345. The number of piperazine rings is 1. The molecule has 0 atom stereocenters. The molecule has 2 heterocycles. The molecule has 0 spiro atoms. The Bertz CT molecular complexity index is 1370. The van der Waals surface area contributed by atoms with E-state index in [0.29, 0.717) is 33.9 Å². The molecule has 4 rings (SSSR count). The summed E-state index contributed by atoms with van der Waals surface area (Å²) in [6.45, 7) is 10.6. The van der Waals surface area contributed by atoms with Crippen LogP contribution in [-0.2, 0) is 4.79 Å². The monoisotopic (exact) mass is 534 g/mol. The van der Waals surface area contributed by atoms with Gasteiger partial charge in [-0.25, -0.2) is 0 Å². The van der Waals surface area contributed by atoms with Crippen molar-refractivity contribution < 1.29 is 4.79 Å². The van der Waals surface area contributed by atoms with E-state index in [1.807, 2.05) is 37.2 Å². The van der Waals surface area contributed by atoms with Crippen LogP contribution in [0, 0.1) is 0 Å². The van der Waals surface area contributed by atoms with Crippen LogP contribution in [0.3, 0.4) is 0 Å². The average Bonchev–Trinajstić information content (AvgIpc) is 2.89. The van der Waals surface area contributed by atoms with E-state index in [-0.39, 0.29) is 11.0 Å². The molecule has 1 N–H and O–H groups in total. The fourth-order valence-electron chi connectivity index (χ4n) is 4.56. The zero-order valence-corrected chi connectivity index (χ0v) is 23.4. The lowest BCUT2D eigenvalue weighted by molar-refractivity contribution is -0.106. The number of hydrogen-bond acceptors (Lipinski definition) is 6.